The number of hydrogen-bond donors (Lipinski definition) is 1. The topological polar surface area (TPSA) is 72.4 Å². The Labute approximate surface area is 162 Å². The summed E-state index contributed by atoms with van der Waals surface area (Å²) in [6.45, 7) is 3.92. The van der Waals surface area contributed by atoms with Gasteiger partial charge in [0, 0.05) is 28.6 Å². The van der Waals surface area contributed by atoms with Crippen LogP contribution in [0.1, 0.15) is 46.1 Å². The minimum Gasteiger partial charge on any atom is -0.464 e. The summed E-state index contributed by atoms with van der Waals surface area (Å²) in [5.41, 5.74) is 5.84. The number of nitrogens with zero attached hydrogens (tertiary/aromatic N) is 3. The van der Waals surface area contributed by atoms with E-state index in [1.54, 1.807) is 12.5 Å². The van der Waals surface area contributed by atoms with Crippen molar-refractivity contribution in [1.82, 2.24) is 14.6 Å². The van der Waals surface area contributed by atoms with Gasteiger partial charge in [0.2, 0.25) is 0 Å². The first-order valence-corrected chi connectivity index (χ1v) is 9.41. The van der Waals surface area contributed by atoms with Crippen LogP contribution in [-0.4, -0.2) is 20.5 Å². The first kappa shape index (κ1) is 16.7. The molecule has 0 bridgehead atoms. The molecule has 1 saturated carbocycles. The highest BCUT2D eigenvalue weighted by atomic mass is 16.3. The number of fused-ring (bicyclic) bond motifs is 1. The SMILES string of the molecule is Cc1cc(C2CC2)n2ncc(C(=O)Nc3ccc(-c4ccco4)cc3C)c2n1. The summed E-state index contributed by atoms with van der Waals surface area (Å²) < 4.78 is 7.25. The van der Waals surface area contributed by atoms with E-state index < -0.39 is 0 Å². The van der Waals surface area contributed by atoms with Crippen LogP contribution < -0.4 is 5.32 Å². The van der Waals surface area contributed by atoms with Crippen molar-refractivity contribution in [3.63, 3.8) is 0 Å². The van der Waals surface area contributed by atoms with Crippen LogP contribution in [0.25, 0.3) is 17.0 Å². The van der Waals surface area contributed by atoms with Gasteiger partial charge in [0.25, 0.3) is 5.91 Å². The van der Waals surface area contributed by atoms with Crippen molar-refractivity contribution in [2.45, 2.75) is 32.6 Å². The summed E-state index contributed by atoms with van der Waals surface area (Å²) in [7, 11) is 0. The normalized spacial score (nSPS) is 13.8. The summed E-state index contributed by atoms with van der Waals surface area (Å²) in [5, 5.41) is 7.43. The number of aromatic nitrogens is 3. The van der Waals surface area contributed by atoms with E-state index in [0.29, 0.717) is 17.1 Å². The highest BCUT2D eigenvalue weighted by Crippen LogP contribution is 2.40. The molecular weight excluding hydrogens is 352 g/mol. The third kappa shape index (κ3) is 2.87. The summed E-state index contributed by atoms with van der Waals surface area (Å²) in [4.78, 5) is 17.5. The Hall–Kier alpha value is -3.41. The summed E-state index contributed by atoms with van der Waals surface area (Å²) >= 11 is 0. The van der Waals surface area contributed by atoms with Crippen molar-refractivity contribution >= 4 is 17.2 Å². The fraction of sp³-hybridized carbons (Fsp3) is 0.227. The van der Waals surface area contributed by atoms with E-state index >= 15 is 0 Å². The van der Waals surface area contributed by atoms with Crippen LogP contribution >= 0.6 is 0 Å². The molecule has 140 valence electrons. The number of benzene rings is 1. The molecule has 1 aromatic carbocycles. The van der Waals surface area contributed by atoms with Gasteiger partial charge in [-0.05, 0) is 68.7 Å². The maximum Gasteiger partial charge on any atom is 0.261 e. The van der Waals surface area contributed by atoms with Crippen LogP contribution in [-0.2, 0) is 0 Å². The molecule has 0 aliphatic heterocycles. The van der Waals surface area contributed by atoms with E-state index in [1.165, 1.54) is 12.8 Å². The van der Waals surface area contributed by atoms with Gasteiger partial charge in [-0.25, -0.2) is 9.50 Å². The van der Waals surface area contributed by atoms with Gasteiger partial charge in [-0.3, -0.25) is 4.79 Å². The van der Waals surface area contributed by atoms with Gasteiger partial charge in [-0.15, -0.1) is 0 Å². The number of rotatable bonds is 4. The molecule has 0 unspecified atom stereocenters. The molecule has 3 heterocycles. The lowest BCUT2D eigenvalue weighted by Gasteiger charge is -2.09. The molecule has 6 nitrogen and oxygen atoms in total. The quantitative estimate of drug-likeness (QED) is 0.562. The molecule has 1 aliphatic carbocycles. The van der Waals surface area contributed by atoms with Crippen molar-refractivity contribution < 1.29 is 9.21 Å². The maximum absolute atomic E-state index is 12.9. The zero-order chi connectivity index (χ0) is 19.3. The van der Waals surface area contributed by atoms with Crippen LogP contribution in [0.4, 0.5) is 5.69 Å². The standard InChI is InChI=1S/C22H20N4O2/c1-13-10-16(20-4-3-9-28-20)7-8-18(13)25-22(27)17-12-23-26-19(15-5-6-15)11-14(2)24-21(17)26/h3-4,7-12,15H,5-6H2,1-2H3,(H,25,27). The third-order valence-corrected chi connectivity index (χ3v) is 5.15. The lowest BCUT2D eigenvalue weighted by Crippen LogP contribution is -2.13. The Bertz CT molecular complexity index is 1190. The van der Waals surface area contributed by atoms with Gasteiger partial charge in [0.1, 0.15) is 11.3 Å². The fourth-order valence-electron chi connectivity index (χ4n) is 3.53. The van der Waals surface area contributed by atoms with Crippen LogP contribution in [0.5, 0.6) is 0 Å². The van der Waals surface area contributed by atoms with Gasteiger partial charge in [0.05, 0.1) is 12.5 Å². The Morgan fingerprint density at radius 3 is 2.79 bits per heavy atom. The average Bonchev–Trinajstić information content (AvgIpc) is 3.20. The molecule has 1 aliphatic rings. The van der Waals surface area contributed by atoms with E-state index in [2.05, 4.69) is 21.5 Å². The lowest BCUT2D eigenvalue weighted by atomic mass is 10.1. The zero-order valence-corrected chi connectivity index (χ0v) is 15.8. The molecule has 0 spiro atoms. The van der Waals surface area contributed by atoms with Crippen LogP contribution in [0.2, 0.25) is 0 Å². The molecule has 3 aromatic heterocycles. The summed E-state index contributed by atoms with van der Waals surface area (Å²) in [6.07, 6.45) is 5.59. The van der Waals surface area contributed by atoms with E-state index in [9.17, 15) is 4.79 Å². The second kappa shape index (κ2) is 6.34. The van der Waals surface area contributed by atoms with Crippen LogP contribution in [0.3, 0.4) is 0 Å². The Balaban J connectivity index is 1.46. The number of aryl methyl sites for hydroxylation is 2. The van der Waals surface area contributed by atoms with Gasteiger partial charge < -0.3 is 9.73 Å². The van der Waals surface area contributed by atoms with Crippen molar-refractivity contribution in [2.75, 3.05) is 5.32 Å². The second-order valence-electron chi connectivity index (χ2n) is 7.35. The van der Waals surface area contributed by atoms with Crippen LogP contribution in [0, 0.1) is 13.8 Å². The van der Waals surface area contributed by atoms with Crippen molar-refractivity contribution in [3.05, 3.63) is 71.4 Å². The number of furan rings is 1. The first-order valence-electron chi connectivity index (χ1n) is 9.41. The minimum atomic E-state index is -0.205. The largest absolute Gasteiger partial charge is 0.464 e. The number of amides is 1. The minimum absolute atomic E-state index is 0.205. The monoisotopic (exact) mass is 372 g/mol. The van der Waals surface area contributed by atoms with E-state index in [0.717, 1.165) is 34.0 Å². The van der Waals surface area contributed by atoms with E-state index in [-0.39, 0.29) is 5.91 Å². The molecule has 1 fully saturated rings. The summed E-state index contributed by atoms with van der Waals surface area (Å²) in [6, 6.07) is 11.7. The van der Waals surface area contributed by atoms with Gasteiger partial charge >= 0.3 is 0 Å². The van der Waals surface area contributed by atoms with Crippen molar-refractivity contribution in [1.29, 1.82) is 0 Å². The highest BCUT2D eigenvalue weighted by Gasteiger charge is 2.28. The smallest absolute Gasteiger partial charge is 0.261 e. The highest BCUT2D eigenvalue weighted by molar-refractivity contribution is 6.08. The maximum atomic E-state index is 12.9. The average molecular weight is 372 g/mol. The molecule has 28 heavy (non-hydrogen) atoms. The van der Waals surface area contributed by atoms with Crippen molar-refractivity contribution in [3.8, 4) is 11.3 Å². The Morgan fingerprint density at radius 1 is 1.21 bits per heavy atom. The third-order valence-electron chi connectivity index (χ3n) is 5.15. The van der Waals surface area contributed by atoms with Crippen LogP contribution in [0.15, 0.2) is 53.3 Å². The predicted molar refractivity (Wildman–Crippen MR) is 107 cm³/mol. The molecule has 4 aromatic rings. The molecular formula is C22H20N4O2. The number of anilines is 1. The number of nitrogens with one attached hydrogen (secondary N) is 1. The van der Waals surface area contributed by atoms with Gasteiger partial charge in [-0.2, -0.15) is 5.10 Å². The van der Waals surface area contributed by atoms with Gasteiger partial charge in [-0.1, -0.05) is 0 Å². The molecule has 6 heteroatoms. The van der Waals surface area contributed by atoms with Crippen molar-refractivity contribution in [2.24, 2.45) is 0 Å². The zero-order valence-electron chi connectivity index (χ0n) is 15.8. The van der Waals surface area contributed by atoms with Gasteiger partial charge in [0.15, 0.2) is 5.65 Å². The number of carbonyl (C=O) groups is 1. The lowest BCUT2D eigenvalue weighted by molar-refractivity contribution is 0.102. The van der Waals surface area contributed by atoms with E-state index in [1.807, 2.05) is 48.7 Å². The molecule has 5 rings (SSSR count). The number of carbonyl (C=O) groups excluding carboxylic acids is 1. The van der Waals surface area contributed by atoms with E-state index in [4.69, 9.17) is 4.42 Å². The molecule has 1 N–H and O–H groups in total. The molecule has 0 radical (unpaired) electrons. The molecule has 0 saturated heterocycles. The number of hydrogen-bond acceptors (Lipinski definition) is 4. The Morgan fingerprint density at radius 2 is 2.07 bits per heavy atom. The fourth-order valence-corrected chi connectivity index (χ4v) is 3.53. The summed E-state index contributed by atoms with van der Waals surface area (Å²) in [5.74, 6) is 1.12. The second-order valence-corrected chi connectivity index (χ2v) is 7.35. The molecule has 1 amide bonds. The molecule has 0 atom stereocenters. The Kier molecular flexibility index (Phi) is 3.79. The predicted octanol–water partition coefficient (Wildman–Crippen LogP) is 4.74. The first-order chi connectivity index (χ1) is 13.6.